The Labute approximate surface area is 195 Å². The van der Waals surface area contributed by atoms with E-state index in [1.165, 1.54) is 7.11 Å². The maximum atomic E-state index is 12.7. The van der Waals surface area contributed by atoms with Crippen LogP contribution in [0.3, 0.4) is 0 Å². The molecule has 0 spiro atoms. The second-order valence-electron chi connectivity index (χ2n) is 8.38. The fourth-order valence-electron chi connectivity index (χ4n) is 4.06. The van der Waals surface area contributed by atoms with Crippen LogP contribution in [0.5, 0.6) is 0 Å². The first-order valence-corrected chi connectivity index (χ1v) is 11.2. The number of ether oxygens (including phenoxy) is 1. The third-order valence-corrected chi connectivity index (χ3v) is 5.84. The lowest BCUT2D eigenvalue weighted by Crippen LogP contribution is -2.46. The number of nitrogens with one attached hydrogen (secondary N) is 2. The fraction of sp³-hybridized carbons (Fsp3) is 0.346. The minimum Gasteiger partial charge on any atom is -0.467 e. The van der Waals surface area contributed by atoms with Crippen LogP contribution in [-0.2, 0) is 20.7 Å². The zero-order chi connectivity index (χ0) is 23.6. The second kappa shape index (κ2) is 11.9. The lowest BCUT2D eigenvalue weighted by Gasteiger charge is -2.32. The Balaban J connectivity index is 1.57. The Bertz CT molecular complexity index is 973. The van der Waals surface area contributed by atoms with Crippen molar-refractivity contribution in [1.29, 1.82) is 5.41 Å². The van der Waals surface area contributed by atoms with Gasteiger partial charge in [0.05, 0.1) is 7.11 Å². The molecule has 1 fully saturated rings. The predicted molar refractivity (Wildman–Crippen MR) is 130 cm³/mol. The van der Waals surface area contributed by atoms with Gasteiger partial charge < -0.3 is 20.7 Å². The van der Waals surface area contributed by atoms with Gasteiger partial charge in [0, 0.05) is 25.9 Å². The summed E-state index contributed by atoms with van der Waals surface area (Å²) >= 11 is 0. The number of likely N-dealkylation sites (tertiary alicyclic amines) is 1. The van der Waals surface area contributed by atoms with Gasteiger partial charge in [-0.2, -0.15) is 0 Å². The van der Waals surface area contributed by atoms with E-state index in [2.05, 4.69) is 5.32 Å². The molecule has 1 aliphatic heterocycles. The molecule has 7 heteroatoms. The lowest BCUT2D eigenvalue weighted by molar-refractivity contribution is -0.145. The van der Waals surface area contributed by atoms with Crippen molar-refractivity contribution in [2.45, 2.75) is 31.7 Å². The number of esters is 1. The van der Waals surface area contributed by atoms with Gasteiger partial charge in [-0.15, -0.1) is 0 Å². The van der Waals surface area contributed by atoms with E-state index in [1.54, 1.807) is 4.90 Å². The van der Waals surface area contributed by atoms with Crippen molar-refractivity contribution in [3.05, 3.63) is 71.3 Å². The molecule has 33 heavy (non-hydrogen) atoms. The Hall–Kier alpha value is -3.61. The standard InChI is InChI=1S/C26H32N4O3/c1-33-25(32)23(29-24(31)17-22-8-5-15-30(18-22)26(27)28)16-21-13-11-20(12-14-21)10-9-19-6-3-2-4-7-19/h2-4,6-7,9-14,22-23H,5,8,15-18H2,1H3,(H3,27,28)(H,29,31)/t22-,23+/m1/s1. The van der Waals surface area contributed by atoms with E-state index in [-0.39, 0.29) is 17.8 Å². The van der Waals surface area contributed by atoms with Crippen LogP contribution in [0.15, 0.2) is 54.6 Å². The van der Waals surface area contributed by atoms with Crippen LogP contribution < -0.4 is 11.1 Å². The number of carbonyl (C=O) groups is 2. The Kier molecular flexibility index (Phi) is 8.63. The Morgan fingerprint density at radius 1 is 1.15 bits per heavy atom. The monoisotopic (exact) mass is 448 g/mol. The minimum atomic E-state index is -0.749. The molecule has 1 amide bonds. The predicted octanol–water partition coefficient (Wildman–Crippen LogP) is 3.05. The number of nitrogens with zero attached hydrogens (tertiary/aromatic N) is 1. The molecule has 0 aliphatic carbocycles. The molecule has 1 aliphatic rings. The maximum Gasteiger partial charge on any atom is 0.328 e. The number of carbonyl (C=O) groups excluding carboxylic acids is 2. The molecule has 1 saturated heterocycles. The summed E-state index contributed by atoms with van der Waals surface area (Å²) in [5, 5.41) is 10.4. The summed E-state index contributed by atoms with van der Waals surface area (Å²) in [5.74, 6) is -0.514. The zero-order valence-electron chi connectivity index (χ0n) is 19.0. The Morgan fingerprint density at radius 2 is 1.82 bits per heavy atom. The van der Waals surface area contributed by atoms with Crippen molar-refractivity contribution in [1.82, 2.24) is 10.2 Å². The van der Waals surface area contributed by atoms with Gasteiger partial charge in [0.15, 0.2) is 5.96 Å². The number of rotatable bonds is 8. The van der Waals surface area contributed by atoms with Gasteiger partial charge >= 0.3 is 5.97 Å². The van der Waals surface area contributed by atoms with Crippen LogP contribution >= 0.6 is 0 Å². The molecular weight excluding hydrogens is 416 g/mol. The van der Waals surface area contributed by atoms with E-state index < -0.39 is 12.0 Å². The summed E-state index contributed by atoms with van der Waals surface area (Å²) in [5.41, 5.74) is 8.69. The highest BCUT2D eigenvalue weighted by Crippen LogP contribution is 2.19. The molecule has 1 heterocycles. The summed E-state index contributed by atoms with van der Waals surface area (Å²) in [6, 6.07) is 17.2. The SMILES string of the molecule is COC(=O)[C@H](Cc1ccc(C=Cc2ccccc2)cc1)NC(=O)C[C@H]1CCCN(C(=N)N)C1. The van der Waals surface area contributed by atoms with Crippen molar-refractivity contribution in [2.24, 2.45) is 11.7 Å². The molecule has 4 N–H and O–H groups in total. The molecule has 0 radical (unpaired) electrons. The van der Waals surface area contributed by atoms with Gasteiger partial charge in [0.1, 0.15) is 6.04 Å². The third kappa shape index (κ3) is 7.49. The molecule has 174 valence electrons. The molecule has 0 bridgehead atoms. The molecule has 3 rings (SSSR count). The van der Waals surface area contributed by atoms with Crippen molar-refractivity contribution in [2.75, 3.05) is 20.2 Å². The van der Waals surface area contributed by atoms with Crippen LogP contribution in [0.4, 0.5) is 0 Å². The van der Waals surface area contributed by atoms with E-state index in [0.29, 0.717) is 19.4 Å². The molecule has 0 unspecified atom stereocenters. The molecule has 7 nitrogen and oxygen atoms in total. The van der Waals surface area contributed by atoms with Gasteiger partial charge in [0.2, 0.25) is 5.91 Å². The highest BCUT2D eigenvalue weighted by molar-refractivity contribution is 5.85. The molecule has 2 aromatic rings. The van der Waals surface area contributed by atoms with Crippen molar-refractivity contribution >= 4 is 30.0 Å². The van der Waals surface area contributed by atoms with Crippen LogP contribution in [-0.4, -0.2) is 49.0 Å². The lowest BCUT2D eigenvalue weighted by atomic mass is 9.94. The highest BCUT2D eigenvalue weighted by Gasteiger charge is 2.26. The number of guanidine groups is 1. The number of hydrogen-bond donors (Lipinski definition) is 3. The van der Waals surface area contributed by atoms with Gasteiger partial charge in [-0.3, -0.25) is 10.2 Å². The summed E-state index contributed by atoms with van der Waals surface area (Å²) in [6.07, 6.45) is 6.52. The Morgan fingerprint density at radius 3 is 2.45 bits per heavy atom. The average molecular weight is 449 g/mol. The third-order valence-electron chi connectivity index (χ3n) is 5.84. The smallest absolute Gasteiger partial charge is 0.328 e. The summed E-state index contributed by atoms with van der Waals surface area (Å²) in [7, 11) is 1.32. The zero-order valence-corrected chi connectivity index (χ0v) is 19.0. The van der Waals surface area contributed by atoms with Crippen LogP contribution in [0.25, 0.3) is 12.2 Å². The first-order valence-electron chi connectivity index (χ1n) is 11.2. The number of benzene rings is 2. The van der Waals surface area contributed by atoms with Gasteiger partial charge in [0.25, 0.3) is 0 Å². The number of amides is 1. The average Bonchev–Trinajstić information content (AvgIpc) is 2.83. The minimum absolute atomic E-state index is 0.0367. The fourth-order valence-corrected chi connectivity index (χ4v) is 4.06. The first-order chi connectivity index (χ1) is 15.9. The van der Waals surface area contributed by atoms with E-state index >= 15 is 0 Å². The normalized spacial score (nSPS) is 16.9. The largest absolute Gasteiger partial charge is 0.467 e. The van der Waals surface area contributed by atoms with Crippen LogP contribution in [0.2, 0.25) is 0 Å². The molecule has 2 aromatic carbocycles. The van der Waals surface area contributed by atoms with Crippen molar-refractivity contribution in [3.8, 4) is 0 Å². The number of methoxy groups -OCH3 is 1. The van der Waals surface area contributed by atoms with Crippen LogP contribution in [0, 0.1) is 11.3 Å². The number of nitrogens with two attached hydrogens (primary N) is 1. The number of piperidine rings is 1. The first kappa shape index (κ1) is 24.0. The van der Waals surface area contributed by atoms with Crippen molar-refractivity contribution < 1.29 is 14.3 Å². The second-order valence-corrected chi connectivity index (χ2v) is 8.38. The van der Waals surface area contributed by atoms with Crippen molar-refractivity contribution in [3.63, 3.8) is 0 Å². The van der Waals surface area contributed by atoms with E-state index in [4.69, 9.17) is 15.9 Å². The van der Waals surface area contributed by atoms with E-state index in [0.717, 1.165) is 36.1 Å². The molecule has 2 atom stereocenters. The van der Waals surface area contributed by atoms with Gasteiger partial charge in [-0.05, 0) is 35.4 Å². The summed E-state index contributed by atoms with van der Waals surface area (Å²) < 4.78 is 4.92. The van der Waals surface area contributed by atoms with E-state index in [1.807, 2.05) is 66.7 Å². The highest BCUT2D eigenvalue weighted by atomic mass is 16.5. The molecule has 0 saturated carbocycles. The van der Waals surface area contributed by atoms with E-state index in [9.17, 15) is 9.59 Å². The summed E-state index contributed by atoms with van der Waals surface area (Å²) in [4.78, 5) is 26.7. The summed E-state index contributed by atoms with van der Waals surface area (Å²) in [6.45, 7) is 1.33. The maximum absolute atomic E-state index is 12.7. The van der Waals surface area contributed by atoms with Crippen LogP contribution in [0.1, 0.15) is 36.0 Å². The quantitative estimate of drug-likeness (QED) is 0.249. The van der Waals surface area contributed by atoms with Gasteiger partial charge in [-0.25, -0.2) is 4.79 Å². The molecule has 0 aromatic heterocycles. The van der Waals surface area contributed by atoms with Gasteiger partial charge in [-0.1, -0.05) is 66.7 Å². The molecular formula is C26H32N4O3. The number of hydrogen-bond acceptors (Lipinski definition) is 4. The topological polar surface area (TPSA) is 109 Å².